The average molecular weight is 165 g/mol. The molecule has 1 rings (SSSR count). The smallest absolute Gasteiger partial charge is 0.268 e. The Bertz CT molecular complexity index is 372. The SMILES string of the molecule is Cn1nc(N)c(C#N)c1C(N)=O. The summed E-state index contributed by atoms with van der Waals surface area (Å²) in [6.45, 7) is 0. The maximum Gasteiger partial charge on any atom is 0.268 e. The molecule has 0 aromatic carbocycles. The predicted molar refractivity (Wildman–Crippen MR) is 40.9 cm³/mol. The Balaban J connectivity index is 3.45. The van der Waals surface area contributed by atoms with Crippen molar-refractivity contribution in [2.45, 2.75) is 0 Å². The molecule has 12 heavy (non-hydrogen) atoms. The molecule has 0 unspecified atom stereocenters. The average Bonchev–Trinajstić information content (AvgIpc) is 2.24. The van der Waals surface area contributed by atoms with Gasteiger partial charge in [0.25, 0.3) is 5.91 Å². The molecule has 0 spiro atoms. The molecule has 0 bridgehead atoms. The third kappa shape index (κ3) is 0.971. The molecule has 1 aromatic heterocycles. The molecule has 0 aliphatic rings. The number of rotatable bonds is 1. The van der Waals surface area contributed by atoms with Crippen LogP contribution in [0.3, 0.4) is 0 Å². The van der Waals surface area contributed by atoms with Crippen LogP contribution in [0, 0.1) is 11.3 Å². The zero-order valence-electron chi connectivity index (χ0n) is 6.40. The lowest BCUT2D eigenvalue weighted by Crippen LogP contribution is -2.17. The highest BCUT2D eigenvalue weighted by molar-refractivity contribution is 5.95. The van der Waals surface area contributed by atoms with Gasteiger partial charge in [-0.25, -0.2) is 0 Å². The minimum Gasteiger partial charge on any atom is -0.381 e. The molecule has 1 heterocycles. The molecule has 1 amide bonds. The minimum absolute atomic E-state index is 0.0220. The van der Waals surface area contributed by atoms with E-state index in [9.17, 15) is 4.79 Å². The molecule has 0 atom stereocenters. The van der Waals surface area contributed by atoms with Crippen molar-refractivity contribution in [3.63, 3.8) is 0 Å². The van der Waals surface area contributed by atoms with Gasteiger partial charge in [0.05, 0.1) is 0 Å². The van der Waals surface area contributed by atoms with Crippen LogP contribution in [0.25, 0.3) is 0 Å². The largest absolute Gasteiger partial charge is 0.381 e. The van der Waals surface area contributed by atoms with Gasteiger partial charge in [-0.1, -0.05) is 0 Å². The Morgan fingerprint density at radius 2 is 2.33 bits per heavy atom. The van der Waals surface area contributed by atoms with Crippen molar-refractivity contribution >= 4 is 11.7 Å². The summed E-state index contributed by atoms with van der Waals surface area (Å²) < 4.78 is 1.19. The first-order valence-electron chi connectivity index (χ1n) is 3.10. The Kier molecular flexibility index (Phi) is 1.71. The Hall–Kier alpha value is -2.03. The summed E-state index contributed by atoms with van der Waals surface area (Å²) in [6, 6.07) is 1.76. The topological polar surface area (TPSA) is 111 Å². The highest BCUT2D eigenvalue weighted by Crippen LogP contribution is 2.12. The monoisotopic (exact) mass is 165 g/mol. The first-order chi connectivity index (χ1) is 5.57. The maximum atomic E-state index is 10.8. The lowest BCUT2D eigenvalue weighted by molar-refractivity contribution is 0.0991. The van der Waals surface area contributed by atoms with Gasteiger partial charge >= 0.3 is 0 Å². The van der Waals surface area contributed by atoms with Crippen molar-refractivity contribution in [1.82, 2.24) is 9.78 Å². The second-order valence-electron chi connectivity index (χ2n) is 2.21. The fourth-order valence-corrected chi connectivity index (χ4v) is 0.938. The lowest BCUT2D eigenvalue weighted by atomic mass is 10.2. The number of primary amides is 1. The third-order valence-corrected chi connectivity index (χ3v) is 1.42. The molecule has 62 valence electrons. The second-order valence-corrected chi connectivity index (χ2v) is 2.21. The molecule has 0 saturated carbocycles. The molecule has 0 radical (unpaired) electrons. The van der Waals surface area contributed by atoms with Gasteiger partial charge in [-0.3, -0.25) is 9.48 Å². The van der Waals surface area contributed by atoms with E-state index < -0.39 is 5.91 Å². The highest BCUT2D eigenvalue weighted by Gasteiger charge is 2.17. The summed E-state index contributed by atoms with van der Waals surface area (Å²) in [5.74, 6) is -0.688. The van der Waals surface area contributed by atoms with Gasteiger partial charge in [-0.05, 0) is 0 Å². The number of anilines is 1. The molecule has 4 N–H and O–H groups in total. The van der Waals surface area contributed by atoms with Crippen LogP contribution in [0.4, 0.5) is 5.82 Å². The zero-order chi connectivity index (χ0) is 9.30. The number of carbonyl (C=O) groups excluding carboxylic acids is 1. The van der Waals surface area contributed by atoms with Crippen LogP contribution < -0.4 is 11.5 Å². The van der Waals surface area contributed by atoms with Crippen molar-refractivity contribution in [3.8, 4) is 6.07 Å². The molecule has 0 saturated heterocycles. The van der Waals surface area contributed by atoms with Crippen LogP contribution in [-0.2, 0) is 7.05 Å². The molecular weight excluding hydrogens is 158 g/mol. The first-order valence-corrected chi connectivity index (χ1v) is 3.10. The summed E-state index contributed by atoms with van der Waals surface area (Å²) in [5, 5.41) is 12.2. The summed E-state index contributed by atoms with van der Waals surface area (Å²) in [7, 11) is 1.50. The van der Waals surface area contributed by atoms with Gasteiger partial charge in [-0.2, -0.15) is 10.4 Å². The van der Waals surface area contributed by atoms with E-state index in [0.29, 0.717) is 0 Å². The predicted octanol–water partition coefficient (Wildman–Crippen LogP) is -1.03. The van der Waals surface area contributed by atoms with Gasteiger partial charge in [-0.15, -0.1) is 0 Å². The molecule has 0 aliphatic heterocycles. The standard InChI is InChI=1S/C6H7N5O/c1-11-4(6(9)12)3(2-7)5(8)10-11/h1H3,(H2,8,10)(H2,9,12). The summed E-state index contributed by atoms with van der Waals surface area (Å²) in [4.78, 5) is 10.8. The van der Waals surface area contributed by atoms with Gasteiger partial charge in [0, 0.05) is 7.05 Å². The number of aromatic nitrogens is 2. The Morgan fingerprint density at radius 3 is 2.67 bits per heavy atom. The Labute approximate surface area is 68.4 Å². The quantitative estimate of drug-likeness (QED) is 0.554. The van der Waals surface area contributed by atoms with Crippen molar-refractivity contribution < 1.29 is 4.79 Å². The zero-order valence-corrected chi connectivity index (χ0v) is 6.40. The van der Waals surface area contributed by atoms with E-state index in [1.165, 1.54) is 11.7 Å². The van der Waals surface area contributed by atoms with Gasteiger partial charge in [0.15, 0.2) is 5.82 Å². The molecule has 6 heteroatoms. The van der Waals surface area contributed by atoms with E-state index in [1.54, 1.807) is 6.07 Å². The van der Waals surface area contributed by atoms with Gasteiger partial charge in [0.2, 0.25) is 0 Å². The van der Waals surface area contributed by atoms with Crippen molar-refractivity contribution in [2.24, 2.45) is 12.8 Å². The minimum atomic E-state index is -0.710. The summed E-state index contributed by atoms with van der Waals surface area (Å²) >= 11 is 0. The normalized spacial score (nSPS) is 9.33. The lowest BCUT2D eigenvalue weighted by Gasteiger charge is -1.93. The number of nitriles is 1. The molecule has 0 fully saturated rings. The van der Waals surface area contributed by atoms with E-state index in [-0.39, 0.29) is 17.1 Å². The molecule has 0 aliphatic carbocycles. The highest BCUT2D eigenvalue weighted by atomic mass is 16.1. The number of hydrogen-bond acceptors (Lipinski definition) is 4. The summed E-state index contributed by atoms with van der Waals surface area (Å²) in [5.41, 5.74) is 10.4. The first kappa shape index (κ1) is 8.07. The van der Waals surface area contributed by atoms with Crippen LogP contribution in [0.1, 0.15) is 16.1 Å². The van der Waals surface area contributed by atoms with Crippen LogP contribution in [0.2, 0.25) is 0 Å². The number of amides is 1. The van der Waals surface area contributed by atoms with Crippen molar-refractivity contribution in [3.05, 3.63) is 11.3 Å². The number of nitrogens with zero attached hydrogens (tertiary/aromatic N) is 3. The van der Waals surface area contributed by atoms with Crippen LogP contribution >= 0.6 is 0 Å². The number of nitrogen functional groups attached to an aromatic ring is 1. The maximum absolute atomic E-state index is 10.8. The number of nitrogens with two attached hydrogens (primary N) is 2. The van der Waals surface area contributed by atoms with Crippen LogP contribution in [-0.4, -0.2) is 15.7 Å². The number of hydrogen-bond donors (Lipinski definition) is 2. The Morgan fingerprint density at radius 1 is 1.75 bits per heavy atom. The van der Waals surface area contributed by atoms with Crippen LogP contribution in [0.5, 0.6) is 0 Å². The van der Waals surface area contributed by atoms with E-state index in [2.05, 4.69) is 5.10 Å². The van der Waals surface area contributed by atoms with E-state index in [4.69, 9.17) is 16.7 Å². The molecular formula is C6H7N5O. The fraction of sp³-hybridized carbons (Fsp3) is 0.167. The third-order valence-electron chi connectivity index (χ3n) is 1.42. The van der Waals surface area contributed by atoms with E-state index in [0.717, 1.165) is 0 Å². The fourth-order valence-electron chi connectivity index (χ4n) is 0.938. The van der Waals surface area contributed by atoms with Crippen molar-refractivity contribution in [2.75, 3.05) is 5.73 Å². The van der Waals surface area contributed by atoms with E-state index in [1.807, 2.05) is 0 Å². The van der Waals surface area contributed by atoms with Crippen molar-refractivity contribution in [1.29, 1.82) is 5.26 Å². The summed E-state index contributed by atoms with van der Waals surface area (Å²) in [6.07, 6.45) is 0. The van der Waals surface area contributed by atoms with Gasteiger partial charge < -0.3 is 11.5 Å². The van der Waals surface area contributed by atoms with Crippen LogP contribution in [0.15, 0.2) is 0 Å². The molecule has 1 aromatic rings. The van der Waals surface area contributed by atoms with Gasteiger partial charge in [0.1, 0.15) is 17.3 Å². The number of carbonyl (C=O) groups is 1. The molecule has 6 nitrogen and oxygen atoms in total. The second kappa shape index (κ2) is 2.54. The number of aryl methyl sites for hydroxylation is 1. The van der Waals surface area contributed by atoms with E-state index >= 15 is 0 Å².